The number of nitrogens with zero attached hydrogens (tertiary/aromatic N) is 2. The van der Waals surface area contributed by atoms with E-state index in [1.165, 1.54) is 42.8 Å². The fourth-order valence-electron chi connectivity index (χ4n) is 4.35. The first-order valence-corrected chi connectivity index (χ1v) is 11.5. The van der Waals surface area contributed by atoms with Gasteiger partial charge in [0.15, 0.2) is 5.82 Å². The molecule has 0 spiro atoms. The highest BCUT2D eigenvalue weighted by Crippen LogP contribution is 2.39. The number of piperidine rings is 1. The van der Waals surface area contributed by atoms with E-state index in [1.54, 1.807) is 4.90 Å². The van der Waals surface area contributed by atoms with Crippen LogP contribution in [0.25, 0.3) is 10.2 Å². The number of amides is 1. The Labute approximate surface area is 171 Å². The molecule has 0 unspecified atom stereocenters. The van der Waals surface area contributed by atoms with Crippen LogP contribution in [0.1, 0.15) is 56.3 Å². The number of aromatic nitrogens is 2. The summed E-state index contributed by atoms with van der Waals surface area (Å²) in [5.74, 6) is 2.60. The summed E-state index contributed by atoms with van der Waals surface area (Å²) in [5, 5.41) is 7.43. The van der Waals surface area contributed by atoms with Crippen molar-refractivity contribution in [2.45, 2.75) is 65.5 Å². The molecule has 1 aliphatic heterocycles. The number of nitrogens with one attached hydrogen (secondary N) is 3. The molecule has 1 aliphatic carbocycles. The van der Waals surface area contributed by atoms with Crippen molar-refractivity contribution in [2.24, 2.45) is 5.92 Å². The zero-order valence-corrected chi connectivity index (χ0v) is 18.0. The summed E-state index contributed by atoms with van der Waals surface area (Å²) < 4.78 is 0. The van der Waals surface area contributed by atoms with E-state index < -0.39 is 0 Å². The molecule has 1 saturated heterocycles. The Kier molecular flexibility index (Phi) is 5.83. The molecule has 0 aromatic carbocycles. The van der Waals surface area contributed by atoms with Gasteiger partial charge >= 0.3 is 0 Å². The van der Waals surface area contributed by atoms with Crippen LogP contribution in [-0.4, -0.2) is 41.6 Å². The van der Waals surface area contributed by atoms with E-state index in [-0.39, 0.29) is 18.5 Å². The Bertz CT molecular complexity index is 854. The molecule has 1 amide bonds. The molecule has 0 saturated carbocycles. The molecule has 1 fully saturated rings. The normalized spacial score (nSPS) is 21.9. The summed E-state index contributed by atoms with van der Waals surface area (Å²) in [6.07, 6.45) is 6.02. The lowest BCUT2D eigenvalue weighted by molar-refractivity contribution is -0.920. The van der Waals surface area contributed by atoms with E-state index in [2.05, 4.69) is 17.6 Å². The van der Waals surface area contributed by atoms with E-state index in [9.17, 15) is 4.79 Å². The van der Waals surface area contributed by atoms with Crippen molar-refractivity contribution in [3.63, 3.8) is 0 Å². The van der Waals surface area contributed by atoms with E-state index in [0.717, 1.165) is 47.2 Å². The van der Waals surface area contributed by atoms with Gasteiger partial charge in [-0.15, -0.1) is 11.3 Å². The number of carbonyl (C=O) groups is 1. The Hall–Kier alpha value is -1.73. The number of thiophene rings is 1. The van der Waals surface area contributed by atoms with Gasteiger partial charge in [-0.1, -0.05) is 6.92 Å². The minimum atomic E-state index is 0.00540. The maximum absolute atomic E-state index is 12.1. The number of hydrogen-bond donors (Lipinski definition) is 3. The van der Waals surface area contributed by atoms with Crippen molar-refractivity contribution in [3.05, 3.63) is 16.3 Å². The summed E-state index contributed by atoms with van der Waals surface area (Å²) in [7, 11) is 0. The molecule has 2 aromatic heterocycles. The molecular formula is C21H32N5OS+. The highest BCUT2D eigenvalue weighted by atomic mass is 32.1. The topological polar surface area (TPSA) is 71.3 Å². The summed E-state index contributed by atoms with van der Waals surface area (Å²) in [6.45, 7) is 9.82. The fourth-order valence-corrected chi connectivity index (χ4v) is 5.63. The van der Waals surface area contributed by atoms with Crippen LogP contribution in [0.4, 0.5) is 5.82 Å². The van der Waals surface area contributed by atoms with E-state index >= 15 is 0 Å². The Balaban J connectivity index is 1.58. The van der Waals surface area contributed by atoms with Gasteiger partial charge in [0.05, 0.1) is 25.0 Å². The van der Waals surface area contributed by atoms with Crippen molar-refractivity contribution in [1.82, 2.24) is 15.3 Å². The molecule has 0 bridgehead atoms. The Morgan fingerprint density at radius 3 is 2.79 bits per heavy atom. The first-order valence-electron chi connectivity index (χ1n) is 10.7. The average Bonchev–Trinajstić information content (AvgIpc) is 3.22. The van der Waals surface area contributed by atoms with Gasteiger partial charge in [-0.25, -0.2) is 9.97 Å². The van der Waals surface area contributed by atoms with Gasteiger partial charge in [-0.3, -0.25) is 4.79 Å². The van der Waals surface area contributed by atoms with Crippen molar-refractivity contribution in [3.8, 4) is 0 Å². The summed E-state index contributed by atoms with van der Waals surface area (Å²) in [5.41, 5.74) is 1.40. The maximum atomic E-state index is 12.1. The number of hydrogen-bond acceptors (Lipinski definition) is 5. The number of likely N-dealkylation sites (tertiary alicyclic amines) is 1. The molecular weight excluding hydrogens is 370 g/mol. The van der Waals surface area contributed by atoms with Crippen LogP contribution in [0, 0.1) is 5.92 Å². The van der Waals surface area contributed by atoms with Gasteiger partial charge in [0, 0.05) is 10.9 Å². The van der Waals surface area contributed by atoms with Gasteiger partial charge in [0.25, 0.3) is 0 Å². The molecule has 2 aromatic rings. The highest BCUT2D eigenvalue weighted by Gasteiger charge is 2.25. The summed E-state index contributed by atoms with van der Waals surface area (Å²) in [6, 6.07) is 0.144. The zero-order chi connectivity index (χ0) is 19.7. The first-order chi connectivity index (χ1) is 13.5. The third-order valence-corrected chi connectivity index (χ3v) is 7.05. The Morgan fingerprint density at radius 2 is 2.04 bits per heavy atom. The third-order valence-electron chi connectivity index (χ3n) is 5.87. The second-order valence-electron chi connectivity index (χ2n) is 8.71. The lowest BCUT2D eigenvalue weighted by atomic mass is 9.99. The highest BCUT2D eigenvalue weighted by molar-refractivity contribution is 7.19. The van der Waals surface area contributed by atoms with Crippen molar-refractivity contribution in [2.75, 3.05) is 25.0 Å². The van der Waals surface area contributed by atoms with Gasteiger partial charge in [-0.2, -0.15) is 0 Å². The SMILES string of the molecule is CC1CC[NH+](Cc2nc(NCC(=O)NC(C)C)c3c4c(sc3n2)CCC4)CC1. The van der Waals surface area contributed by atoms with Crippen LogP contribution in [-0.2, 0) is 24.2 Å². The standard InChI is InChI=1S/C21H31N5OS/c1-13(2)23-18(27)11-22-20-19-15-5-4-6-16(15)28-21(19)25-17(24-20)12-26-9-7-14(3)8-10-26/h13-14H,4-12H2,1-3H3,(H,23,27)(H,22,24,25)/p+1. The van der Waals surface area contributed by atoms with Gasteiger partial charge in [0.1, 0.15) is 17.2 Å². The van der Waals surface area contributed by atoms with Crippen molar-refractivity contribution in [1.29, 1.82) is 0 Å². The molecule has 152 valence electrons. The number of quaternary nitrogens is 1. The van der Waals surface area contributed by atoms with Crippen molar-refractivity contribution >= 4 is 33.3 Å². The quantitative estimate of drug-likeness (QED) is 0.691. The van der Waals surface area contributed by atoms with Gasteiger partial charge < -0.3 is 15.5 Å². The number of anilines is 1. The lowest BCUT2D eigenvalue weighted by Crippen LogP contribution is -3.11. The second kappa shape index (κ2) is 8.33. The second-order valence-corrected chi connectivity index (χ2v) is 9.79. The molecule has 2 aliphatic rings. The van der Waals surface area contributed by atoms with Crippen LogP contribution >= 0.6 is 11.3 Å². The van der Waals surface area contributed by atoms with E-state index in [0.29, 0.717) is 0 Å². The van der Waals surface area contributed by atoms with Crippen LogP contribution in [0.5, 0.6) is 0 Å². The predicted molar refractivity (Wildman–Crippen MR) is 114 cm³/mol. The van der Waals surface area contributed by atoms with Crippen LogP contribution in [0.15, 0.2) is 0 Å². The summed E-state index contributed by atoms with van der Waals surface area (Å²) in [4.78, 5) is 26.1. The number of carbonyl (C=O) groups excluding carboxylic acids is 1. The largest absolute Gasteiger partial charge is 0.360 e. The predicted octanol–water partition coefficient (Wildman–Crippen LogP) is 1.93. The van der Waals surface area contributed by atoms with E-state index in [1.807, 2.05) is 25.2 Å². The van der Waals surface area contributed by atoms with Gasteiger partial charge in [0.2, 0.25) is 5.91 Å². The van der Waals surface area contributed by atoms with Crippen molar-refractivity contribution < 1.29 is 9.69 Å². The first kappa shape index (κ1) is 19.6. The molecule has 7 heteroatoms. The fraction of sp³-hybridized carbons (Fsp3) is 0.667. The van der Waals surface area contributed by atoms with Crippen LogP contribution in [0.3, 0.4) is 0 Å². The monoisotopic (exact) mass is 402 g/mol. The smallest absolute Gasteiger partial charge is 0.239 e. The lowest BCUT2D eigenvalue weighted by Gasteiger charge is -2.26. The molecule has 4 rings (SSSR count). The Morgan fingerprint density at radius 1 is 1.25 bits per heavy atom. The maximum Gasteiger partial charge on any atom is 0.239 e. The molecule has 28 heavy (non-hydrogen) atoms. The number of rotatable bonds is 6. The number of aryl methyl sites for hydroxylation is 2. The van der Waals surface area contributed by atoms with E-state index in [4.69, 9.17) is 9.97 Å². The molecule has 0 atom stereocenters. The molecule has 0 radical (unpaired) electrons. The molecule has 6 nitrogen and oxygen atoms in total. The molecule has 3 heterocycles. The third kappa shape index (κ3) is 4.30. The average molecular weight is 403 g/mol. The minimum absolute atomic E-state index is 0.00540. The molecule has 3 N–H and O–H groups in total. The van der Waals surface area contributed by atoms with Gasteiger partial charge in [-0.05, 0) is 57.4 Å². The van der Waals surface area contributed by atoms with Crippen LogP contribution in [0.2, 0.25) is 0 Å². The summed E-state index contributed by atoms with van der Waals surface area (Å²) >= 11 is 1.82. The minimum Gasteiger partial charge on any atom is -0.360 e. The zero-order valence-electron chi connectivity index (χ0n) is 17.2. The number of fused-ring (bicyclic) bond motifs is 3. The van der Waals surface area contributed by atoms with Crippen LogP contribution < -0.4 is 15.5 Å².